The van der Waals surface area contributed by atoms with E-state index in [0.717, 1.165) is 0 Å². The van der Waals surface area contributed by atoms with Gasteiger partial charge in [0.05, 0.1) is 18.2 Å². The first-order valence-corrected chi connectivity index (χ1v) is 13.2. The monoisotopic (exact) mass is 465 g/mol. The number of nitrogens with zero attached hydrogens (tertiary/aromatic N) is 1. The molecule has 0 bridgehead atoms. The number of ether oxygens (including phenoxy) is 1. The lowest BCUT2D eigenvalue weighted by Crippen LogP contribution is -2.41. The molecule has 0 N–H and O–H groups in total. The third-order valence-electron chi connectivity index (χ3n) is 5.22. The number of nitriles is 1. The van der Waals surface area contributed by atoms with Crippen LogP contribution in [0.5, 0.6) is 5.75 Å². The maximum atomic E-state index is 14.3. The van der Waals surface area contributed by atoms with Crippen molar-refractivity contribution < 1.29 is 13.6 Å². The second kappa shape index (κ2) is 9.98. The molecule has 0 radical (unpaired) electrons. The summed E-state index contributed by atoms with van der Waals surface area (Å²) >= 11 is 11.9. The number of rotatable bonds is 7. The van der Waals surface area contributed by atoms with Gasteiger partial charge in [-0.05, 0) is 60.6 Å². The van der Waals surface area contributed by atoms with Crippen LogP contribution < -0.4 is 4.74 Å². The summed E-state index contributed by atoms with van der Waals surface area (Å²) in [4.78, 5) is 0. The topological polar surface area (TPSA) is 42.2 Å². The van der Waals surface area contributed by atoms with Gasteiger partial charge in [0.2, 0.25) is 0 Å². The fourth-order valence-electron chi connectivity index (χ4n) is 2.46. The van der Waals surface area contributed by atoms with Crippen molar-refractivity contribution >= 4 is 43.2 Å². The number of allylic oxidation sites excluding steroid dienone is 1. The Morgan fingerprint density at radius 2 is 1.73 bits per heavy atom. The molecule has 3 nitrogen and oxygen atoms in total. The van der Waals surface area contributed by atoms with Gasteiger partial charge in [-0.1, -0.05) is 44.0 Å². The molecule has 30 heavy (non-hydrogen) atoms. The summed E-state index contributed by atoms with van der Waals surface area (Å²) < 4.78 is 26.3. The van der Waals surface area contributed by atoms with Crippen LogP contribution in [0, 0.1) is 17.1 Å². The average molecular weight is 466 g/mol. The van der Waals surface area contributed by atoms with Crippen LogP contribution in [-0.2, 0) is 4.43 Å². The second-order valence-electron chi connectivity index (χ2n) is 8.43. The van der Waals surface area contributed by atoms with Gasteiger partial charge in [0.15, 0.2) is 8.32 Å². The molecule has 0 aromatic heterocycles. The summed E-state index contributed by atoms with van der Waals surface area (Å²) in [6.07, 6.45) is 1.56. The lowest BCUT2D eigenvalue weighted by Gasteiger charge is -2.36. The van der Waals surface area contributed by atoms with Crippen molar-refractivity contribution in [3.05, 3.63) is 63.4 Å². The van der Waals surface area contributed by atoms with Crippen LogP contribution >= 0.6 is 23.2 Å². The smallest absolute Gasteiger partial charge is 0.192 e. The molecule has 2 aromatic carbocycles. The standard InChI is InChI=1S/C23H26Cl2FNO2Si/c1-23(2,3)30(4,5)29-11-10-28-22-9-7-18(24)13-16(22)12-17(15-27)20-8-6-19(25)14-21(20)26/h6-9,12-14H,10-11H2,1-5H3. The van der Waals surface area contributed by atoms with E-state index in [4.69, 9.17) is 32.4 Å². The molecule has 0 aliphatic heterocycles. The van der Waals surface area contributed by atoms with E-state index in [-0.39, 0.29) is 21.2 Å². The van der Waals surface area contributed by atoms with Crippen molar-refractivity contribution in [2.45, 2.75) is 38.9 Å². The first-order chi connectivity index (χ1) is 13.9. The fraction of sp³-hybridized carbons (Fsp3) is 0.348. The molecule has 0 spiro atoms. The van der Waals surface area contributed by atoms with Crippen molar-refractivity contribution in [2.24, 2.45) is 0 Å². The Hall–Kier alpha value is -1.84. The number of halogens is 3. The number of benzene rings is 2. The molecule has 7 heteroatoms. The Kier molecular flexibility index (Phi) is 8.12. The largest absolute Gasteiger partial charge is 0.491 e. The van der Waals surface area contributed by atoms with Gasteiger partial charge in [0.1, 0.15) is 18.2 Å². The Morgan fingerprint density at radius 1 is 1.10 bits per heavy atom. The van der Waals surface area contributed by atoms with E-state index in [1.807, 2.05) is 6.07 Å². The molecule has 0 saturated carbocycles. The van der Waals surface area contributed by atoms with E-state index in [0.29, 0.717) is 29.5 Å². The summed E-state index contributed by atoms with van der Waals surface area (Å²) in [5.74, 6) is -0.0251. The quantitative estimate of drug-likeness (QED) is 0.183. The van der Waals surface area contributed by atoms with Crippen molar-refractivity contribution in [1.82, 2.24) is 0 Å². The summed E-state index contributed by atoms with van der Waals surface area (Å²) in [6, 6.07) is 11.3. The molecule has 0 unspecified atom stereocenters. The van der Waals surface area contributed by atoms with E-state index in [1.165, 1.54) is 12.1 Å². The zero-order chi connectivity index (χ0) is 22.5. The Morgan fingerprint density at radius 3 is 2.33 bits per heavy atom. The van der Waals surface area contributed by atoms with Gasteiger partial charge in [-0.25, -0.2) is 4.39 Å². The van der Waals surface area contributed by atoms with E-state index in [9.17, 15) is 9.65 Å². The minimum atomic E-state index is -1.86. The van der Waals surface area contributed by atoms with Crippen LogP contribution in [0.4, 0.5) is 4.39 Å². The summed E-state index contributed by atoms with van der Waals surface area (Å²) in [6.45, 7) is 11.7. The van der Waals surface area contributed by atoms with Gasteiger partial charge in [-0.15, -0.1) is 0 Å². The molecule has 0 heterocycles. The molecular weight excluding hydrogens is 440 g/mol. The Labute approximate surface area is 189 Å². The first kappa shape index (κ1) is 24.4. The molecule has 2 rings (SSSR count). The van der Waals surface area contributed by atoms with Gasteiger partial charge < -0.3 is 9.16 Å². The van der Waals surface area contributed by atoms with Crippen LogP contribution in [0.1, 0.15) is 31.9 Å². The van der Waals surface area contributed by atoms with Gasteiger partial charge >= 0.3 is 0 Å². The van der Waals surface area contributed by atoms with Crippen LogP contribution in [0.15, 0.2) is 36.4 Å². The molecule has 160 valence electrons. The maximum absolute atomic E-state index is 14.3. The van der Waals surface area contributed by atoms with E-state index in [1.54, 1.807) is 30.3 Å². The average Bonchev–Trinajstić information content (AvgIpc) is 2.64. The first-order valence-electron chi connectivity index (χ1n) is 9.58. The minimum Gasteiger partial charge on any atom is -0.491 e. The minimum absolute atomic E-state index is 0.117. The third-order valence-corrected chi connectivity index (χ3v) is 10.2. The zero-order valence-electron chi connectivity index (χ0n) is 17.9. The predicted molar refractivity (Wildman–Crippen MR) is 125 cm³/mol. The van der Waals surface area contributed by atoms with Gasteiger partial charge in [-0.3, -0.25) is 0 Å². The summed E-state index contributed by atoms with van der Waals surface area (Å²) in [7, 11) is -1.86. The highest BCUT2D eigenvalue weighted by molar-refractivity contribution is 6.74. The van der Waals surface area contributed by atoms with Crippen LogP contribution in [-0.4, -0.2) is 21.5 Å². The SMILES string of the molecule is CC(C)(C)[Si](C)(C)OCCOc1ccc(Cl)cc1C=C(C#N)c1ccc(Cl)cc1F. The highest BCUT2D eigenvalue weighted by Crippen LogP contribution is 2.36. The van der Waals surface area contributed by atoms with Gasteiger partial charge in [0, 0.05) is 21.2 Å². The molecular formula is C23H26Cl2FNO2Si. The normalized spacial score (nSPS) is 12.6. The van der Waals surface area contributed by atoms with E-state index >= 15 is 0 Å². The van der Waals surface area contributed by atoms with Crippen molar-refractivity contribution in [3.8, 4) is 11.8 Å². The summed E-state index contributed by atoms with van der Waals surface area (Å²) in [5, 5.41) is 10.4. The fourth-order valence-corrected chi connectivity index (χ4v) is 3.83. The number of hydrogen-bond acceptors (Lipinski definition) is 3. The molecule has 0 aliphatic carbocycles. The molecule has 0 saturated heterocycles. The molecule has 0 aliphatic rings. The van der Waals surface area contributed by atoms with Crippen molar-refractivity contribution in [2.75, 3.05) is 13.2 Å². The highest BCUT2D eigenvalue weighted by atomic mass is 35.5. The van der Waals surface area contributed by atoms with Gasteiger partial charge in [-0.2, -0.15) is 5.26 Å². The van der Waals surface area contributed by atoms with Crippen molar-refractivity contribution in [3.63, 3.8) is 0 Å². The lowest BCUT2D eigenvalue weighted by atomic mass is 10.0. The van der Waals surface area contributed by atoms with Crippen LogP contribution in [0.3, 0.4) is 0 Å². The maximum Gasteiger partial charge on any atom is 0.192 e. The number of hydrogen-bond donors (Lipinski definition) is 0. The van der Waals surface area contributed by atoms with Crippen molar-refractivity contribution in [1.29, 1.82) is 5.26 Å². The lowest BCUT2D eigenvalue weighted by molar-refractivity contribution is 0.203. The predicted octanol–water partition coefficient (Wildman–Crippen LogP) is 7.60. The molecule has 0 atom stereocenters. The summed E-state index contributed by atoms with van der Waals surface area (Å²) in [5.41, 5.74) is 0.892. The Balaban J connectivity index is 2.22. The van der Waals surface area contributed by atoms with Crippen LogP contribution in [0.25, 0.3) is 11.6 Å². The highest BCUT2D eigenvalue weighted by Gasteiger charge is 2.36. The second-order valence-corrected chi connectivity index (χ2v) is 14.1. The van der Waals surface area contributed by atoms with Crippen LogP contribution in [0.2, 0.25) is 28.2 Å². The van der Waals surface area contributed by atoms with Gasteiger partial charge in [0.25, 0.3) is 0 Å². The Bertz CT molecular complexity index is 978. The molecule has 0 amide bonds. The van der Waals surface area contributed by atoms with E-state index in [2.05, 4.69) is 33.9 Å². The molecule has 2 aromatic rings. The van der Waals surface area contributed by atoms with E-state index < -0.39 is 14.1 Å². The molecule has 0 fully saturated rings. The third kappa shape index (κ3) is 6.33. The zero-order valence-corrected chi connectivity index (χ0v) is 20.4.